The first kappa shape index (κ1) is 16.2. The lowest BCUT2D eigenvalue weighted by Crippen LogP contribution is -2.14. The van der Waals surface area contributed by atoms with Crippen LogP contribution in [0.15, 0.2) is 36.4 Å². The van der Waals surface area contributed by atoms with E-state index in [2.05, 4.69) is 5.32 Å². The number of hydrogen-bond acceptors (Lipinski definition) is 3. The number of halogens is 1. The van der Waals surface area contributed by atoms with Gasteiger partial charge >= 0.3 is 0 Å². The van der Waals surface area contributed by atoms with Crippen molar-refractivity contribution in [3.8, 4) is 11.5 Å². The number of anilines is 1. The maximum absolute atomic E-state index is 12.1. The lowest BCUT2D eigenvalue weighted by molar-refractivity contribution is -0.115. The van der Waals surface area contributed by atoms with Gasteiger partial charge in [-0.25, -0.2) is 0 Å². The van der Waals surface area contributed by atoms with E-state index < -0.39 is 0 Å². The number of carbonyl (C=O) groups is 1. The van der Waals surface area contributed by atoms with E-state index in [1.807, 2.05) is 25.1 Å². The Labute approximate surface area is 135 Å². The summed E-state index contributed by atoms with van der Waals surface area (Å²) in [7, 11) is 3.17. The molecule has 1 amide bonds. The van der Waals surface area contributed by atoms with Gasteiger partial charge in [-0.15, -0.1) is 0 Å². The van der Waals surface area contributed by atoms with Crippen molar-refractivity contribution in [1.29, 1.82) is 0 Å². The monoisotopic (exact) mass is 319 g/mol. The van der Waals surface area contributed by atoms with Gasteiger partial charge < -0.3 is 14.8 Å². The molecule has 0 saturated carbocycles. The molecule has 2 aromatic rings. The molecule has 0 saturated heterocycles. The third-order valence-corrected chi connectivity index (χ3v) is 3.55. The van der Waals surface area contributed by atoms with Gasteiger partial charge in [0.25, 0.3) is 0 Å². The summed E-state index contributed by atoms with van der Waals surface area (Å²) in [5.74, 6) is 1.28. The predicted octanol–water partition coefficient (Wildman–Crippen LogP) is 3.85. The molecule has 0 bridgehead atoms. The molecule has 0 unspecified atom stereocenters. The number of benzene rings is 2. The zero-order valence-electron chi connectivity index (χ0n) is 12.8. The van der Waals surface area contributed by atoms with Crippen LogP contribution in [0.4, 0.5) is 5.69 Å². The van der Waals surface area contributed by atoms with Crippen LogP contribution in [0.5, 0.6) is 11.5 Å². The van der Waals surface area contributed by atoms with Crippen molar-refractivity contribution in [3.05, 3.63) is 52.5 Å². The molecule has 0 spiro atoms. The minimum Gasteiger partial charge on any atom is -0.496 e. The molecule has 0 radical (unpaired) electrons. The minimum atomic E-state index is -0.106. The zero-order valence-corrected chi connectivity index (χ0v) is 13.5. The Balaban J connectivity index is 2.04. The van der Waals surface area contributed by atoms with Crippen LogP contribution >= 0.6 is 11.6 Å². The van der Waals surface area contributed by atoms with Gasteiger partial charge in [0.05, 0.1) is 25.7 Å². The van der Waals surface area contributed by atoms with E-state index in [0.717, 1.165) is 16.9 Å². The zero-order chi connectivity index (χ0) is 16.1. The first-order chi connectivity index (χ1) is 10.5. The van der Waals surface area contributed by atoms with Crippen LogP contribution in [0.2, 0.25) is 5.02 Å². The Bertz CT molecular complexity index is 628. The highest BCUT2D eigenvalue weighted by Gasteiger charge is 2.08. The Morgan fingerprint density at radius 3 is 2.36 bits per heavy atom. The highest BCUT2D eigenvalue weighted by atomic mass is 35.5. The molecule has 4 nitrogen and oxygen atoms in total. The number of amides is 1. The fourth-order valence-electron chi connectivity index (χ4n) is 2.19. The number of aryl methyl sites for hydroxylation is 1. The van der Waals surface area contributed by atoms with Gasteiger partial charge in [-0.2, -0.15) is 0 Å². The van der Waals surface area contributed by atoms with Gasteiger partial charge in [0, 0.05) is 5.69 Å². The van der Waals surface area contributed by atoms with E-state index in [-0.39, 0.29) is 12.3 Å². The summed E-state index contributed by atoms with van der Waals surface area (Å²) in [6, 6.07) is 10.8. The summed E-state index contributed by atoms with van der Waals surface area (Å²) < 4.78 is 10.3. The molecule has 0 heterocycles. The number of methoxy groups -OCH3 is 2. The number of rotatable bonds is 5. The number of ether oxygens (including phenoxy) is 2. The number of nitrogens with one attached hydrogen (secondary N) is 1. The molecule has 0 fully saturated rings. The van der Waals surface area contributed by atoms with Crippen LogP contribution in [-0.4, -0.2) is 20.1 Å². The van der Waals surface area contributed by atoms with Crippen molar-refractivity contribution in [2.75, 3.05) is 19.5 Å². The number of hydrogen-bond donors (Lipinski definition) is 1. The van der Waals surface area contributed by atoms with E-state index in [0.29, 0.717) is 16.5 Å². The second-order valence-corrected chi connectivity index (χ2v) is 5.29. The van der Waals surface area contributed by atoms with Crippen LogP contribution in [0.3, 0.4) is 0 Å². The van der Waals surface area contributed by atoms with Crippen molar-refractivity contribution >= 4 is 23.2 Å². The van der Waals surface area contributed by atoms with Gasteiger partial charge in [0.1, 0.15) is 11.5 Å². The Hall–Kier alpha value is -2.20. The van der Waals surface area contributed by atoms with E-state index in [4.69, 9.17) is 21.1 Å². The van der Waals surface area contributed by atoms with Crippen molar-refractivity contribution in [3.63, 3.8) is 0 Å². The lowest BCUT2D eigenvalue weighted by Gasteiger charge is -2.09. The molecular formula is C17H18ClNO3. The molecule has 2 aromatic carbocycles. The van der Waals surface area contributed by atoms with Crippen LogP contribution in [-0.2, 0) is 11.2 Å². The highest BCUT2D eigenvalue weighted by molar-refractivity contribution is 6.32. The van der Waals surface area contributed by atoms with Gasteiger partial charge in [0.15, 0.2) is 0 Å². The largest absolute Gasteiger partial charge is 0.496 e. The first-order valence-corrected chi connectivity index (χ1v) is 7.18. The van der Waals surface area contributed by atoms with Gasteiger partial charge in [-0.05, 0) is 42.3 Å². The summed E-state index contributed by atoms with van der Waals surface area (Å²) in [4.78, 5) is 12.1. The summed E-state index contributed by atoms with van der Waals surface area (Å²) in [6.45, 7) is 1.95. The Morgan fingerprint density at radius 1 is 1.09 bits per heavy atom. The summed E-state index contributed by atoms with van der Waals surface area (Å²) in [5, 5.41) is 3.28. The molecular weight excluding hydrogens is 302 g/mol. The molecule has 0 aliphatic heterocycles. The maximum atomic E-state index is 12.1. The van der Waals surface area contributed by atoms with E-state index >= 15 is 0 Å². The normalized spacial score (nSPS) is 10.2. The third kappa shape index (κ3) is 3.92. The standard InChI is InChI=1S/C17H18ClNO3/c1-11-8-12(4-6-15(11)21-2)9-17(20)19-13-5-7-16(22-3)14(18)10-13/h4-8,10H,9H2,1-3H3,(H,19,20). The van der Waals surface area contributed by atoms with Crippen molar-refractivity contribution in [2.45, 2.75) is 13.3 Å². The number of carbonyl (C=O) groups excluding carboxylic acids is 1. The average Bonchev–Trinajstić information content (AvgIpc) is 2.47. The second kappa shape index (κ2) is 7.18. The SMILES string of the molecule is COc1ccc(CC(=O)Nc2ccc(OC)c(Cl)c2)cc1C. The van der Waals surface area contributed by atoms with Crippen molar-refractivity contribution < 1.29 is 14.3 Å². The van der Waals surface area contributed by atoms with Crippen LogP contribution in [0.1, 0.15) is 11.1 Å². The molecule has 0 aliphatic carbocycles. The van der Waals surface area contributed by atoms with Gasteiger partial charge in [-0.1, -0.05) is 23.7 Å². The molecule has 116 valence electrons. The van der Waals surface area contributed by atoms with Crippen molar-refractivity contribution in [1.82, 2.24) is 0 Å². The molecule has 0 aromatic heterocycles. The fraction of sp³-hybridized carbons (Fsp3) is 0.235. The molecule has 1 N–H and O–H groups in total. The first-order valence-electron chi connectivity index (χ1n) is 6.80. The topological polar surface area (TPSA) is 47.6 Å². The summed E-state index contributed by atoms with van der Waals surface area (Å²) >= 11 is 6.04. The fourth-order valence-corrected chi connectivity index (χ4v) is 2.44. The van der Waals surface area contributed by atoms with Crippen LogP contribution in [0.25, 0.3) is 0 Å². The average molecular weight is 320 g/mol. The van der Waals surface area contributed by atoms with E-state index in [9.17, 15) is 4.79 Å². The van der Waals surface area contributed by atoms with E-state index in [1.54, 1.807) is 32.4 Å². The highest BCUT2D eigenvalue weighted by Crippen LogP contribution is 2.27. The molecule has 2 rings (SSSR count). The predicted molar refractivity (Wildman–Crippen MR) is 88.1 cm³/mol. The summed E-state index contributed by atoms with van der Waals surface area (Å²) in [5.41, 5.74) is 2.57. The molecule has 22 heavy (non-hydrogen) atoms. The van der Waals surface area contributed by atoms with E-state index in [1.165, 1.54) is 0 Å². The van der Waals surface area contributed by atoms with Crippen LogP contribution in [0, 0.1) is 6.92 Å². The molecule has 5 heteroatoms. The smallest absolute Gasteiger partial charge is 0.228 e. The maximum Gasteiger partial charge on any atom is 0.228 e. The summed E-state index contributed by atoms with van der Waals surface area (Å²) in [6.07, 6.45) is 0.286. The van der Waals surface area contributed by atoms with Crippen molar-refractivity contribution in [2.24, 2.45) is 0 Å². The van der Waals surface area contributed by atoms with Gasteiger partial charge in [0.2, 0.25) is 5.91 Å². The quantitative estimate of drug-likeness (QED) is 0.910. The third-order valence-electron chi connectivity index (χ3n) is 3.26. The Kier molecular flexibility index (Phi) is 5.28. The second-order valence-electron chi connectivity index (χ2n) is 4.88. The lowest BCUT2D eigenvalue weighted by atomic mass is 10.1. The Morgan fingerprint density at radius 2 is 1.77 bits per heavy atom. The minimum absolute atomic E-state index is 0.106. The molecule has 0 atom stereocenters. The van der Waals surface area contributed by atoms with Crippen LogP contribution < -0.4 is 14.8 Å². The molecule has 0 aliphatic rings. The van der Waals surface area contributed by atoms with Gasteiger partial charge in [-0.3, -0.25) is 4.79 Å².